The van der Waals surface area contributed by atoms with Crippen LogP contribution in [-0.2, 0) is 0 Å². The third kappa shape index (κ3) is 4.46. The monoisotopic (exact) mass is 282 g/mol. The van der Waals surface area contributed by atoms with Crippen LogP contribution in [0.15, 0.2) is 0 Å². The standard InChI is InChI=1S/C18H38N2/c1-6-14-19-17(15-16-12-10-11-13-16)18(5,7-2)20(8-3)9-4/h16-17,19H,6-15H2,1-5H3. The summed E-state index contributed by atoms with van der Waals surface area (Å²) in [6, 6.07) is 0.649. The molecule has 1 saturated carbocycles. The molecule has 0 aromatic carbocycles. The zero-order valence-electron chi connectivity index (χ0n) is 14.7. The van der Waals surface area contributed by atoms with Crippen molar-refractivity contribution >= 4 is 0 Å². The van der Waals surface area contributed by atoms with E-state index in [0.717, 1.165) is 25.6 Å². The first kappa shape index (κ1) is 18.0. The predicted molar refractivity (Wildman–Crippen MR) is 90.3 cm³/mol. The van der Waals surface area contributed by atoms with E-state index in [0.29, 0.717) is 11.6 Å². The topological polar surface area (TPSA) is 15.3 Å². The van der Waals surface area contributed by atoms with Crippen LogP contribution < -0.4 is 5.32 Å². The van der Waals surface area contributed by atoms with Crippen molar-refractivity contribution < 1.29 is 0 Å². The molecular formula is C18H38N2. The fourth-order valence-electron chi connectivity index (χ4n) is 4.09. The Labute approximate surface area is 127 Å². The quantitative estimate of drug-likeness (QED) is 0.637. The van der Waals surface area contributed by atoms with Gasteiger partial charge in [0.25, 0.3) is 0 Å². The van der Waals surface area contributed by atoms with E-state index < -0.39 is 0 Å². The summed E-state index contributed by atoms with van der Waals surface area (Å²) in [6.45, 7) is 15.2. The van der Waals surface area contributed by atoms with Crippen molar-refractivity contribution in [3.05, 3.63) is 0 Å². The molecule has 2 unspecified atom stereocenters. The van der Waals surface area contributed by atoms with Crippen LogP contribution in [-0.4, -0.2) is 36.1 Å². The maximum atomic E-state index is 3.90. The van der Waals surface area contributed by atoms with Gasteiger partial charge in [-0.15, -0.1) is 0 Å². The molecule has 20 heavy (non-hydrogen) atoms. The first-order chi connectivity index (χ1) is 9.62. The van der Waals surface area contributed by atoms with Crippen LogP contribution in [0.25, 0.3) is 0 Å². The summed E-state index contributed by atoms with van der Waals surface area (Å²) in [6.07, 6.45) is 9.69. The molecule has 0 spiro atoms. The van der Waals surface area contributed by atoms with Crippen molar-refractivity contribution in [2.75, 3.05) is 19.6 Å². The summed E-state index contributed by atoms with van der Waals surface area (Å²) in [5, 5.41) is 3.90. The number of likely N-dealkylation sites (N-methyl/N-ethyl adjacent to an activating group) is 1. The Morgan fingerprint density at radius 3 is 2.15 bits per heavy atom. The second-order valence-electron chi connectivity index (χ2n) is 6.78. The molecule has 1 N–H and O–H groups in total. The Bertz CT molecular complexity index is 244. The molecular weight excluding hydrogens is 244 g/mol. The van der Waals surface area contributed by atoms with Crippen molar-refractivity contribution in [3.8, 4) is 0 Å². The Morgan fingerprint density at radius 2 is 1.70 bits per heavy atom. The lowest BCUT2D eigenvalue weighted by atomic mass is 9.81. The lowest BCUT2D eigenvalue weighted by Gasteiger charge is -2.47. The first-order valence-corrected chi connectivity index (χ1v) is 9.10. The maximum Gasteiger partial charge on any atom is 0.0331 e. The highest BCUT2D eigenvalue weighted by atomic mass is 15.2. The van der Waals surface area contributed by atoms with E-state index in [-0.39, 0.29) is 0 Å². The smallest absolute Gasteiger partial charge is 0.0331 e. The fraction of sp³-hybridized carbons (Fsp3) is 1.00. The number of nitrogens with zero attached hydrogens (tertiary/aromatic N) is 1. The maximum absolute atomic E-state index is 3.90. The van der Waals surface area contributed by atoms with E-state index in [1.807, 2.05) is 0 Å². The lowest BCUT2D eigenvalue weighted by Crippen LogP contribution is -2.59. The largest absolute Gasteiger partial charge is 0.312 e. The van der Waals surface area contributed by atoms with E-state index >= 15 is 0 Å². The van der Waals surface area contributed by atoms with Gasteiger partial charge >= 0.3 is 0 Å². The Kier molecular flexibility index (Phi) is 8.13. The Hall–Kier alpha value is -0.0800. The third-order valence-electron chi connectivity index (χ3n) is 5.64. The van der Waals surface area contributed by atoms with Crippen molar-refractivity contribution in [2.24, 2.45) is 5.92 Å². The minimum Gasteiger partial charge on any atom is -0.312 e. The number of hydrogen-bond donors (Lipinski definition) is 1. The normalized spacial score (nSPS) is 21.3. The number of hydrogen-bond acceptors (Lipinski definition) is 2. The van der Waals surface area contributed by atoms with Crippen molar-refractivity contribution in [1.29, 1.82) is 0 Å². The molecule has 1 aliphatic rings. The summed E-state index contributed by atoms with van der Waals surface area (Å²) in [7, 11) is 0. The molecule has 120 valence electrons. The molecule has 2 atom stereocenters. The van der Waals surface area contributed by atoms with Gasteiger partial charge in [-0.2, -0.15) is 0 Å². The van der Waals surface area contributed by atoms with Crippen LogP contribution in [0.3, 0.4) is 0 Å². The SMILES string of the molecule is CCCNC(CC1CCCC1)C(C)(CC)N(CC)CC. The van der Waals surface area contributed by atoms with Crippen LogP contribution in [0.1, 0.15) is 79.6 Å². The summed E-state index contributed by atoms with van der Waals surface area (Å²) in [4.78, 5) is 2.68. The molecule has 2 heteroatoms. The molecule has 0 aromatic heterocycles. The molecule has 0 amide bonds. The highest BCUT2D eigenvalue weighted by Gasteiger charge is 2.38. The van der Waals surface area contributed by atoms with Gasteiger partial charge in [0.15, 0.2) is 0 Å². The van der Waals surface area contributed by atoms with Crippen molar-refractivity contribution in [3.63, 3.8) is 0 Å². The summed E-state index contributed by atoms with van der Waals surface area (Å²) in [5.74, 6) is 0.964. The molecule has 0 bridgehead atoms. The van der Waals surface area contributed by atoms with E-state index in [9.17, 15) is 0 Å². The molecule has 0 aliphatic heterocycles. The zero-order chi connectivity index (χ0) is 15.0. The minimum atomic E-state index is 0.307. The van der Waals surface area contributed by atoms with Crippen LogP contribution >= 0.6 is 0 Å². The van der Waals surface area contributed by atoms with Gasteiger partial charge in [0.1, 0.15) is 0 Å². The fourth-order valence-corrected chi connectivity index (χ4v) is 4.09. The van der Waals surface area contributed by atoms with E-state index in [1.54, 1.807) is 0 Å². The van der Waals surface area contributed by atoms with Gasteiger partial charge in [0.05, 0.1) is 0 Å². The second-order valence-corrected chi connectivity index (χ2v) is 6.78. The summed E-state index contributed by atoms with van der Waals surface area (Å²) >= 11 is 0. The Balaban J connectivity index is 2.79. The zero-order valence-corrected chi connectivity index (χ0v) is 14.7. The highest BCUT2D eigenvalue weighted by molar-refractivity contribution is 4.97. The van der Waals surface area contributed by atoms with Gasteiger partial charge < -0.3 is 5.32 Å². The average Bonchev–Trinajstić information content (AvgIpc) is 2.97. The molecule has 0 heterocycles. The minimum absolute atomic E-state index is 0.307. The van der Waals surface area contributed by atoms with Gasteiger partial charge in [-0.05, 0) is 51.7 Å². The van der Waals surface area contributed by atoms with E-state index in [1.165, 1.54) is 44.9 Å². The molecule has 1 fully saturated rings. The van der Waals surface area contributed by atoms with Crippen LogP contribution in [0.2, 0.25) is 0 Å². The molecule has 1 aliphatic carbocycles. The van der Waals surface area contributed by atoms with E-state index in [4.69, 9.17) is 0 Å². The molecule has 0 aromatic rings. The number of nitrogens with one attached hydrogen (secondary N) is 1. The highest BCUT2D eigenvalue weighted by Crippen LogP contribution is 2.34. The Morgan fingerprint density at radius 1 is 1.10 bits per heavy atom. The molecule has 1 rings (SSSR count). The first-order valence-electron chi connectivity index (χ1n) is 9.10. The van der Waals surface area contributed by atoms with Gasteiger partial charge in [0, 0.05) is 11.6 Å². The van der Waals surface area contributed by atoms with Crippen LogP contribution in [0, 0.1) is 5.92 Å². The predicted octanol–water partition coefficient (Wildman–Crippen LogP) is 4.45. The molecule has 0 saturated heterocycles. The van der Waals surface area contributed by atoms with Gasteiger partial charge in [-0.25, -0.2) is 0 Å². The summed E-state index contributed by atoms with van der Waals surface area (Å²) in [5.41, 5.74) is 0.307. The van der Waals surface area contributed by atoms with Crippen LogP contribution in [0.4, 0.5) is 0 Å². The van der Waals surface area contributed by atoms with Gasteiger partial charge in [-0.3, -0.25) is 4.90 Å². The third-order valence-corrected chi connectivity index (χ3v) is 5.64. The number of rotatable bonds is 10. The second kappa shape index (κ2) is 9.04. The molecule has 0 radical (unpaired) electrons. The molecule has 2 nitrogen and oxygen atoms in total. The summed E-state index contributed by atoms with van der Waals surface area (Å²) < 4.78 is 0. The van der Waals surface area contributed by atoms with E-state index in [2.05, 4.69) is 44.8 Å². The van der Waals surface area contributed by atoms with Crippen molar-refractivity contribution in [2.45, 2.75) is 91.1 Å². The van der Waals surface area contributed by atoms with Gasteiger partial charge in [-0.1, -0.05) is 53.4 Å². The van der Waals surface area contributed by atoms with Gasteiger partial charge in [0.2, 0.25) is 0 Å². The lowest BCUT2D eigenvalue weighted by molar-refractivity contribution is 0.0601. The van der Waals surface area contributed by atoms with Crippen LogP contribution in [0.5, 0.6) is 0 Å². The van der Waals surface area contributed by atoms with Crippen molar-refractivity contribution in [1.82, 2.24) is 10.2 Å². The average molecular weight is 283 g/mol.